The number of aromatic amines is 2. The molecule has 0 amide bonds. The highest BCUT2D eigenvalue weighted by Crippen LogP contribution is 2.37. The van der Waals surface area contributed by atoms with Gasteiger partial charge in [0.05, 0.1) is 5.52 Å². The van der Waals surface area contributed by atoms with Crippen molar-refractivity contribution in [1.82, 2.24) is 20.5 Å². The van der Waals surface area contributed by atoms with E-state index in [4.69, 9.17) is 0 Å². The first-order valence-corrected chi connectivity index (χ1v) is 8.95. The van der Waals surface area contributed by atoms with Gasteiger partial charge in [-0.2, -0.15) is 5.10 Å². The number of nitrogens with one attached hydrogen (secondary N) is 4. The summed E-state index contributed by atoms with van der Waals surface area (Å²) in [4.78, 5) is 14.7. The van der Waals surface area contributed by atoms with Gasteiger partial charge in [0.15, 0.2) is 5.82 Å². The van der Waals surface area contributed by atoms with E-state index in [9.17, 15) is 4.79 Å². The van der Waals surface area contributed by atoms with Crippen LogP contribution in [0.3, 0.4) is 0 Å². The first-order valence-electron chi connectivity index (χ1n) is 8.95. The van der Waals surface area contributed by atoms with E-state index in [1.54, 1.807) is 6.20 Å². The van der Waals surface area contributed by atoms with Crippen molar-refractivity contribution in [2.45, 2.75) is 43.7 Å². The van der Waals surface area contributed by atoms with Crippen LogP contribution >= 0.6 is 0 Å². The topological polar surface area (TPSA) is 85.6 Å². The molecule has 2 fully saturated rings. The number of hydrogen-bond acceptors (Lipinski definition) is 4. The van der Waals surface area contributed by atoms with Crippen LogP contribution < -0.4 is 16.2 Å². The van der Waals surface area contributed by atoms with Gasteiger partial charge >= 0.3 is 0 Å². The third kappa shape index (κ3) is 2.62. The van der Waals surface area contributed by atoms with Gasteiger partial charge in [-0.3, -0.25) is 9.89 Å². The lowest BCUT2D eigenvalue weighted by atomic mass is 9.86. The minimum absolute atomic E-state index is 0.143. The quantitative estimate of drug-likeness (QED) is 0.593. The minimum Gasteiger partial charge on any atom is -0.338 e. The second-order valence-corrected chi connectivity index (χ2v) is 7.22. The molecule has 128 valence electrons. The Morgan fingerprint density at radius 2 is 1.80 bits per heavy atom. The maximum atomic E-state index is 12.0. The Hall–Kier alpha value is -2.60. The zero-order chi connectivity index (χ0) is 16.8. The van der Waals surface area contributed by atoms with Crippen molar-refractivity contribution >= 4 is 22.4 Å². The second kappa shape index (κ2) is 5.74. The summed E-state index contributed by atoms with van der Waals surface area (Å²) in [6.07, 6.45) is 6.74. The largest absolute Gasteiger partial charge is 0.338 e. The lowest BCUT2D eigenvalue weighted by molar-refractivity contribution is 0.363. The molecule has 0 saturated carbocycles. The zero-order valence-corrected chi connectivity index (χ0v) is 13.9. The predicted octanol–water partition coefficient (Wildman–Crippen LogP) is 2.99. The number of benzene rings is 1. The van der Waals surface area contributed by atoms with Crippen LogP contribution in [-0.4, -0.2) is 27.3 Å². The van der Waals surface area contributed by atoms with Gasteiger partial charge in [-0.05, 0) is 55.4 Å². The molecule has 2 aliphatic rings. The molecule has 4 N–H and O–H groups in total. The maximum Gasteiger partial charge on any atom is 0.261 e. The van der Waals surface area contributed by atoms with Gasteiger partial charge in [0, 0.05) is 24.0 Å². The molecule has 2 saturated heterocycles. The highest BCUT2D eigenvalue weighted by atomic mass is 16.1. The summed E-state index contributed by atoms with van der Waals surface area (Å²) in [6.45, 7) is 0. The SMILES string of the molecule is O=c1[nH]ccc2[nH]nc(Nc3ccc(C4CC5CCC(C4)N5)cc3)c12. The zero-order valence-electron chi connectivity index (χ0n) is 13.9. The van der Waals surface area contributed by atoms with Crippen LogP contribution in [0.5, 0.6) is 0 Å². The molecule has 0 aliphatic carbocycles. The van der Waals surface area contributed by atoms with Crippen LogP contribution in [-0.2, 0) is 0 Å². The maximum absolute atomic E-state index is 12.0. The molecular weight excluding hydrogens is 314 g/mol. The highest BCUT2D eigenvalue weighted by molar-refractivity contribution is 5.90. The molecule has 2 aliphatic heterocycles. The number of rotatable bonds is 3. The third-order valence-corrected chi connectivity index (χ3v) is 5.60. The fourth-order valence-electron chi connectivity index (χ4n) is 4.37. The highest BCUT2D eigenvalue weighted by Gasteiger charge is 2.33. The van der Waals surface area contributed by atoms with Gasteiger partial charge < -0.3 is 15.6 Å². The van der Waals surface area contributed by atoms with E-state index >= 15 is 0 Å². The van der Waals surface area contributed by atoms with E-state index in [0.717, 1.165) is 11.2 Å². The number of aromatic nitrogens is 3. The molecule has 1 aromatic carbocycles. The van der Waals surface area contributed by atoms with Gasteiger partial charge in [-0.15, -0.1) is 0 Å². The Labute approximate surface area is 145 Å². The molecule has 0 spiro atoms. The fraction of sp³-hybridized carbons (Fsp3) is 0.368. The summed E-state index contributed by atoms with van der Waals surface area (Å²) in [5.41, 5.74) is 2.94. The Balaban J connectivity index is 1.37. The fourth-order valence-corrected chi connectivity index (χ4v) is 4.37. The van der Waals surface area contributed by atoms with E-state index in [0.29, 0.717) is 29.2 Å². The van der Waals surface area contributed by atoms with Crippen LogP contribution in [0.15, 0.2) is 41.3 Å². The number of piperidine rings is 1. The summed E-state index contributed by atoms with van der Waals surface area (Å²) in [5.74, 6) is 1.21. The lowest BCUT2D eigenvalue weighted by Gasteiger charge is -2.29. The van der Waals surface area contributed by atoms with Gasteiger partial charge in [0.25, 0.3) is 5.56 Å². The number of anilines is 2. The van der Waals surface area contributed by atoms with Crippen molar-refractivity contribution in [3.05, 3.63) is 52.4 Å². The average molecular weight is 335 g/mol. The molecule has 6 nitrogen and oxygen atoms in total. The van der Waals surface area contributed by atoms with E-state index < -0.39 is 0 Å². The van der Waals surface area contributed by atoms with Crippen LogP contribution in [0, 0.1) is 0 Å². The number of hydrogen-bond donors (Lipinski definition) is 4. The Morgan fingerprint density at radius 1 is 1.04 bits per heavy atom. The van der Waals surface area contributed by atoms with Gasteiger partial charge in [0.2, 0.25) is 0 Å². The Kier molecular flexibility index (Phi) is 3.38. The van der Waals surface area contributed by atoms with Gasteiger partial charge in [-0.25, -0.2) is 0 Å². The van der Waals surface area contributed by atoms with Crippen molar-refractivity contribution in [3.63, 3.8) is 0 Å². The smallest absolute Gasteiger partial charge is 0.261 e. The van der Waals surface area contributed by atoms with Gasteiger partial charge in [-0.1, -0.05) is 12.1 Å². The summed E-state index contributed by atoms with van der Waals surface area (Å²) in [6, 6.07) is 11.8. The van der Waals surface area contributed by atoms with Crippen LogP contribution in [0.25, 0.3) is 10.9 Å². The number of pyridine rings is 1. The number of fused-ring (bicyclic) bond motifs is 3. The Bertz CT molecular complexity index is 946. The van der Waals surface area contributed by atoms with E-state index in [1.807, 2.05) is 6.07 Å². The molecule has 25 heavy (non-hydrogen) atoms. The summed E-state index contributed by atoms with van der Waals surface area (Å²) < 4.78 is 0. The molecule has 4 heterocycles. The van der Waals surface area contributed by atoms with Crippen molar-refractivity contribution in [2.24, 2.45) is 0 Å². The first kappa shape index (κ1) is 14.7. The van der Waals surface area contributed by atoms with Crippen LogP contribution in [0.2, 0.25) is 0 Å². The molecule has 2 aromatic heterocycles. The van der Waals surface area contributed by atoms with Crippen molar-refractivity contribution in [3.8, 4) is 0 Å². The molecule has 5 rings (SSSR count). The van der Waals surface area contributed by atoms with Crippen molar-refractivity contribution < 1.29 is 0 Å². The Morgan fingerprint density at radius 3 is 2.56 bits per heavy atom. The lowest BCUT2D eigenvalue weighted by Crippen LogP contribution is -2.37. The predicted molar refractivity (Wildman–Crippen MR) is 98.4 cm³/mol. The van der Waals surface area contributed by atoms with Crippen LogP contribution in [0.1, 0.15) is 37.2 Å². The van der Waals surface area contributed by atoms with Crippen molar-refractivity contribution in [1.29, 1.82) is 0 Å². The number of nitrogens with zero attached hydrogens (tertiary/aromatic N) is 1. The first-order chi connectivity index (χ1) is 12.3. The molecule has 3 aromatic rings. The summed E-state index contributed by atoms with van der Waals surface area (Å²) in [7, 11) is 0. The van der Waals surface area contributed by atoms with E-state index in [2.05, 4.69) is 50.1 Å². The van der Waals surface area contributed by atoms with E-state index in [-0.39, 0.29) is 5.56 Å². The van der Waals surface area contributed by atoms with E-state index in [1.165, 1.54) is 31.2 Å². The monoisotopic (exact) mass is 335 g/mol. The second-order valence-electron chi connectivity index (χ2n) is 7.22. The molecule has 2 bridgehead atoms. The third-order valence-electron chi connectivity index (χ3n) is 5.60. The van der Waals surface area contributed by atoms with Crippen molar-refractivity contribution in [2.75, 3.05) is 5.32 Å². The normalized spacial score (nSPS) is 25.4. The molecule has 2 atom stereocenters. The van der Waals surface area contributed by atoms with Gasteiger partial charge in [0.1, 0.15) is 5.39 Å². The standard InChI is InChI=1S/C19H21N5O/c25-19-17-16(7-8-20-19)23-24-18(17)22-13-3-1-11(2-4-13)12-9-14-5-6-15(10-12)21-14/h1-4,7-8,12,14-15,21H,5-6,9-10H2,(H,20,25)(H2,22,23,24). The number of H-pyrrole nitrogens is 2. The minimum atomic E-state index is -0.143. The summed E-state index contributed by atoms with van der Waals surface area (Å²) >= 11 is 0. The molecule has 0 radical (unpaired) electrons. The average Bonchev–Trinajstić information content (AvgIpc) is 3.19. The molecule has 2 unspecified atom stereocenters. The molecule has 6 heteroatoms. The van der Waals surface area contributed by atoms with Crippen LogP contribution in [0.4, 0.5) is 11.5 Å². The molecular formula is C19H21N5O. The summed E-state index contributed by atoms with van der Waals surface area (Å²) in [5, 5.41) is 14.6.